The molecule has 4 rings (SSSR count). The van der Waals surface area contributed by atoms with Crippen molar-refractivity contribution in [2.45, 2.75) is 32.0 Å². The molecule has 2 aromatic heterocycles. The number of carbonyl (C=O) groups excluding carboxylic acids is 1. The van der Waals surface area contributed by atoms with E-state index in [1.165, 1.54) is 11.3 Å². The molecular formula is C16H18BrN5O. The van der Waals surface area contributed by atoms with E-state index in [1.807, 2.05) is 11.1 Å². The van der Waals surface area contributed by atoms with Crippen LogP contribution in [-0.4, -0.2) is 38.7 Å². The van der Waals surface area contributed by atoms with Gasteiger partial charge in [-0.25, -0.2) is 0 Å². The summed E-state index contributed by atoms with van der Waals surface area (Å²) < 4.78 is 2.92. The van der Waals surface area contributed by atoms with Crippen molar-refractivity contribution in [3.05, 3.63) is 46.0 Å². The second kappa shape index (κ2) is 6.05. The summed E-state index contributed by atoms with van der Waals surface area (Å²) in [6, 6.07) is 2.16. The molecule has 0 aromatic carbocycles. The number of nitrogens with zero attached hydrogens (tertiary/aromatic N) is 4. The molecule has 2 aromatic rings. The summed E-state index contributed by atoms with van der Waals surface area (Å²) in [4.78, 5) is 18.6. The van der Waals surface area contributed by atoms with E-state index in [0.29, 0.717) is 11.6 Å². The molecule has 1 amide bonds. The predicted molar refractivity (Wildman–Crippen MR) is 88.9 cm³/mol. The lowest BCUT2D eigenvalue weighted by Gasteiger charge is -2.33. The zero-order chi connectivity index (χ0) is 15.8. The molecule has 1 fully saturated rings. The molecule has 0 bridgehead atoms. The Kier molecular flexibility index (Phi) is 3.90. The Morgan fingerprint density at radius 2 is 2.09 bits per heavy atom. The minimum Gasteiger partial charge on any atom is -0.338 e. The number of hydrogen-bond acceptors (Lipinski definition) is 4. The largest absolute Gasteiger partial charge is 0.338 e. The van der Waals surface area contributed by atoms with E-state index in [2.05, 4.69) is 36.0 Å². The highest BCUT2D eigenvalue weighted by Gasteiger charge is 2.28. The van der Waals surface area contributed by atoms with Gasteiger partial charge in [0.15, 0.2) is 0 Å². The van der Waals surface area contributed by atoms with Crippen LogP contribution in [0.1, 0.15) is 40.5 Å². The van der Waals surface area contributed by atoms with Gasteiger partial charge in [-0.3, -0.25) is 14.5 Å². The average Bonchev–Trinajstić information content (AvgIpc) is 3.18. The van der Waals surface area contributed by atoms with Gasteiger partial charge >= 0.3 is 0 Å². The first kappa shape index (κ1) is 14.8. The number of pyridine rings is 1. The van der Waals surface area contributed by atoms with Crippen molar-refractivity contribution >= 4 is 21.8 Å². The van der Waals surface area contributed by atoms with Crippen LogP contribution in [0.25, 0.3) is 0 Å². The maximum absolute atomic E-state index is 12.6. The van der Waals surface area contributed by atoms with Gasteiger partial charge in [0.25, 0.3) is 5.91 Å². The van der Waals surface area contributed by atoms with Gasteiger partial charge in [-0.15, -0.1) is 0 Å². The van der Waals surface area contributed by atoms with E-state index in [9.17, 15) is 4.79 Å². The van der Waals surface area contributed by atoms with Gasteiger partial charge in [0, 0.05) is 48.6 Å². The lowest BCUT2D eigenvalue weighted by molar-refractivity contribution is 0.0688. The molecule has 0 spiro atoms. The van der Waals surface area contributed by atoms with Crippen LogP contribution in [0, 0.1) is 0 Å². The lowest BCUT2D eigenvalue weighted by Crippen LogP contribution is -2.39. The smallest absolute Gasteiger partial charge is 0.255 e. The second-order valence-electron chi connectivity index (χ2n) is 6.04. The number of amides is 1. The van der Waals surface area contributed by atoms with E-state index in [1.54, 1.807) is 18.5 Å². The summed E-state index contributed by atoms with van der Waals surface area (Å²) in [5.41, 5.74) is 3.30. The first-order valence-corrected chi connectivity index (χ1v) is 8.68. The number of halogens is 1. The van der Waals surface area contributed by atoms with Gasteiger partial charge in [0.2, 0.25) is 0 Å². The number of rotatable bonds is 2. The number of fused-ring (bicyclic) bond motifs is 1. The summed E-state index contributed by atoms with van der Waals surface area (Å²) in [7, 11) is 0. The predicted octanol–water partition coefficient (Wildman–Crippen LogP) is 2.12. The molecule has 2 aliphatic heterocycles. The Hall–Kier alpha value is -1.73. The number of piperidine rings is 1. The van der Waals surface area contributed by atoms with Gasteiger partial charge in [-0.2, -0.15) is 5.10 Å². The van der Waals surface area contributed by atoms with Gasteiger partial charge in [0.1, 0.15) is 0 Å². The van der Waals surface area contributed by atoms with Gasteiger partial charge in [0.05, 0.1) is 23.5 Å². The minimum absolute atomic E-state index is 0.0742. The molecule has 2 aliphatic rings. The van der Waals surface area contributed by atoms with Crippen LogP contribution in [0.4, 0.5) is 0 Å². The summed E-state index contributed by atoms with van der Waals surface area (Å²) in [6.07, 6.45) is 7.19. The average molecular weight is 376 g/mol. The Labute approximate surface area is 143 Å². The van der Waals surface area contributed by atoms with Crippen molar-refractivity contribution in [2.75, 3.05) is 13.1 Å². The first-order valence-electron chi connectivity index (χ1n) is 7.89. The molecule has 0 unspecified atom stereocenters. The van der Waals surface area contributed by atoms with Gasteiger partial charge < -0.3 is 10.2 Å². The SMILES string of the molecule is O=C(c1ccncc1Br)N1CCC(n2ncc3c2CNC3)CC1. The molecule has 0 atom stereocenters. The molecule has 120 valence electrons. The Bertz CT molecular complexity index is 736. The van der Waals surface area contributed by atoms with Crippen molar-refractivity contribution in [3.63, 3.8) is 0 Å². The van der Waals surface area contributed by atoms with E-state index in [0.717, 1.165) is 43.5 Å². The molecule has 23 heavy (non-hydrogen) atoms. The monoisotopic (exact) mass is 375 g/mol. The Morgan fingerprint density at radius 3 is 2.87 bits per heavy atom. The fourth-order valence-corrected chi connectivity index (χ4v) is 3.85. The van der Waals surface area contributed by atoms with Crippen LogP contribution in [0.3, 0.4) is 0 Å². The number of likely N-dealkylation sites (tertiary alicyclic amines) is 1. The molecule has 1 saturated heterocycles. The summed E-state index contributed by atoms with van der Waals surface area (Å²) >= 11 is 3.41. The number of carbonyl (C=O) groups is 1. The number of aromatic nitrogens is 3. The molecule has 0 radical (unpaired) electrons. The third-order valence-electron chi connectivity index (χ3n) is 4.69. The third-order valence-corrected chi connectivity index (χ3v) is 5.33. The highest BCUT2D eigenvalue weighted by Crippen LogP contribution is 2.28. The summed E-state index contributed by atoms with van der Waals surface area (Å²) in [5.74, 6) is 0.0742. The first-order chi connectivity index (χ1) is 11.2. The van der Waals surface area contributed by atoms with Crippen LogP contribution >= 0.6 is 15.9 Å². The lowest BCUT2D eigenvalue weighted by atomic mass is 10.0. The third kappa shape index (κ3) is 2.68. The minimum atomic E-state index is 0.0742. The van der Waals surface area contributed by atoms with E-state index in [4.69, 9.17) is 0 Å². The van der Waals surface area contributed by atoms with Crippen molar-refractivity contribution in [2.24, 2.45) is 0 Å². The maximum Gasteiger partial charge on any atom is 0.255 e. The maximum atomic E-state index is 12.6. The second-order valence-corrected chi connectivity index (χ2v) is 6.90. The van der Waals surface area contributed by atoms with Gasteiger partial charge in [-0.05, 0) is 34.8 Å². The van der Waals surface area contributed by atoms with Crippen molar-refractivity contribution in [1.82, 2.24) is 25.0 Å². The Morgan fingerprint density at radius 1 is 1.26 bits per heavy atom. The van der Waals surface area contributed by atoms with Crippen LogP contribution < -0.4 is 5.32 Å². The van der Waals surface area contributed by atoms with E-state index in [-0.39, 0.29) is 5.91 Å². The molecule has 1 N–H and O–H groups in total. The fraction of sp³-hybridized carbons (Fsp3) is 0.438. The summed E-state index contributed by atoms with van der Waals surface area (Å²) in [6.45, 7) is 3.35. The molecule has 4 heterocycles. The summed E-state index contributed by atoms with van der Waals surface area (Å²) in [5, 5.41) is 7.93. The fourth-order valence-electron chi connectivity index (χ4n) is 3.43. The number of hydrogen-bond donors (Lipinski definition) is 1. The molecule has 6 nitrogen and oxygen atoms in total. The van der Waals surface area contributed by atoms with Crippen LogP contribution in [0.5, 0.6) is 0 Å². The van der Waals surface area contributed by atoms with Crippen molar-refractivity contribution in [3.8, 4) is 0 Å². The van der Waals surface area contributed by atoms with Crippen LogP contribution in [-0.2, 0) is 13.1 Å². The highest BCUT2D eigenvalue weighted by molar-refractivity contribution is 9.10. The van der Waals surface area contributed by atoms with Gasteiger partial charge in [-0.1, -0.05) is 0 Å². The van der Waals surface area contributed by atoms with Crippen LogP contribution in [0.15, 0.2) is 29.1 Å². The normalized spacial score (nSPS) is 18.2. The van der Waals surface area contributed by atoms with Crippen LogP contribution in [0.2, 0.25) is 0 Å². The molecular weight excluding hydrogens is 358 g/mol. The van der Waals surface area contributed by atoms with Crippen molar-refractivity contribution in [1.29, 1.82) is 0 Å². The zero-order valence-electron chi connectivity index (χ0n) is 12.7. The Balaban J connectivity index is 1.45. The molecule has 0 saturated carbocycles. The quantitative estimate of drug-likeness (QED) is 0.872. The highest BCUT2D eigenvalue weighted by atomic mass is 79.9. The molecule has 7 heteroatoms. The standard InChI is InChI=1S/C16H18BrN5O/c17-14-9-18-4-1-13(14)16(23)21-5-2-12(3-6-21)22-15-10-19-7-11(15)8-20-22/h1,4,8-9,12,19H,2-3,5-7,10H2. The zero-order valence-corrected chi connectivity index (χ0v) is 14.3. The van der Waals surface area contributed by atoms with E-state index < -0.39 is 0 Å². The van der Waals surface area contributed by atoms with Crippen molar-refractivity contribution < 1.29 is 4.79 Å². The topological polar surface area (TPSA) is 63.1 Å². The molecule has 0 aliphatic carbocycles. The van der Waals surface area contributed by atoms with E-state index >= 15 is 0 Å². The number of nitrogens with one attached hydrogen (secondary N) is 1.